The van der Waals surface area contributed by atoms with E-state index in [1.54, 1.807) is 30.3 Å². The van der Waals surface area contributed by atoms with Crippen LogP contribution in [0, 0.1) is 0 Å². The fourth-order valence-corrected chi connectivity index (χ4v) is 3.15. The minimum Gasteiger partial charge on any atom is -0.480 e. The molecule has 32 heavy (non-hydrogen) atoms. The van der Waals surface area contributed by atoms with Gasteiger partial charge in [-0.05, 0) is 5.56 Å². The average Bonchev–Trinajstić information content (AvgIpc) is 2.69. The number of hydrogen-bond acceptors (Lipinski definition) is 7. The van der Waals surface area contributed by atoms with Gasteiger partial charge in [0.15, 0.2) is 5.66 Å². The molecule has 1 atom stereocenters. The van der Waals surface area contributed by atoms with Gasteiger partial charge < -0.3 is 25.7 Å². The van der Waals surface area contributed by atoms with E-state index in [0.717, 1.165) is 9.80 Å². The summed E-state index contributed by atoms with van der Waals surface area (Å²) in [6, 6.07) is 8.13. The molecule has 0 radical (unpaired) electrons. The van der Waals surface area contributed by atoms with Gasteiger partial charge in [0.1, 0.15) is 5.88 Å². The number of amides is 1. The van der Waals surface area contributed by atoms with E-state index in [-0.39, 0.29) is 19.5 Å². The molecular weight excluding hydrogens is 450 g/mol. The number of carboxylic acids is 4. The molecule has 0 aromatic heterocycles. The SMILES string of the molecule is O=C(O)CN(CCN(CC(=O)O)C(Cc1ccccc1)(NC(=O)CCl)C(=O)O)CC(=O)O. The monoisotopic (exact) mass is 473 g/mol. The number of nitrogens with zero attached hydrogens (tertiary/aromatic N) is 2. The maximum atomic E-state index is 12.4. The Labute approximate surface area is 188 Å². The van der Waals surface area contributed by atoms with Crippen molar-refractivity contribution < 1.29 is 44.4 Å². The summed E-state index contributed by atoms with van der Waals surface area (Å²) in [6.45, 7) is -2.85. The van der Waals surface area contributed by atoms with Crippen LogP contribution in [0.15, 0.2) is 30.3 Å². The number of alkyl halides is 1. The third kappa shape index (κ3) is 8.49. The molecule has 0 aliphatic rings. The fourth-order valence-electron chi connectivity index (χ4n) is 3.08. The molecule has 13 heteroatoms. The molecular formula is C19H24ClN3O9. The highest BCUT2D eigenvalue weighted by molar-refractivity contribution is 6.27. The summed E-state index contributed by atoms with van der Waals surface area (Å²) < 4.78 is 0. The van der Waals surface area contributed by atoms with E-state index in [2.05, 4.69) is 5.32 Å². The quantitative estimate of drug-likeness (QED) is 0.159. The lowest BCUT2D eigenvalue weighted by molar-refractivity contribution is -0.161. The Hall–Kier alpha value is -3.22. The number of rotatable bonds is 15. The summed E-state index contributed by atoms with van der Waals surface area (Å²) in [5, 5.41) is 39.7. The maximum Gasteiger partial charge on any atom is 0.345 e. The predicted molar refractivity (Wildman–Crippen MR) is 110 cm³/mol. The smallest absolute Gasteiger partial charge is 0.345 e. The Morgan fingerprint density at radius 2 is 1.38 bits per heavy atom. The lowest BCUT2D eigenvalue weighted by Crippen LogP contribution is -2.68. The highest BCUT2D eigenvalue weighted by Gasteiger charge is 2.46. The van der Waals surface area contributed by atoms with Crippen LogP contribution >= 0.6 is 11.6 Å². The lowest BCUT2D eigenvalue weighted by Gasteiger charge is -2.41. The van der Waals surface area contributed by atoms with E-state index in [4.69, 9.17) is 21.8 Å². The zero-order valence-electron chi connectivity index (χ0n) is 16.9. The molecule has 0 bridgehead atoms. The van der Waals surface area contributed by atoms with E-state index < -0.39 is 61.0 Å². The van der Waals surface area contributed by atoms with Crippen molar-refractivity contribution in [1.29, 1.82) is 0 Å². The first kappa shape index (κ1) is 26.8. The van der Waals surface area contributed by atoms with Crippen molar-refractivity contribution in [3.63, 3.8) is 0 Å². The van der Waals surface area contributed by atoms with Crippen molar-refractivity contribution in [3.8, 4) is 0 Å². The van der Waals surface area contributed by atoms with Gasteiger partial charge in [0, 0.05) is 19.5 Å². The summed E-state index contributed by atoms with van der Waals surface area (Å²) in [7, 11) is 0. The molecule has 0 fully saturated rings. The number of carbonyl (C=O) groups is 5. The van der Waals surface area contributed by atoms with Crippen LogP contribution in [0.25, 0.3) is 0 Å². The first-order valence-electron chi connectivity index (χ1n) is 9.27. The molecule has 0 spiro atoms. The van der Waals surface area contributed by atoms with Crippen LogP contribution in [-0.2, 0) is 30.4 Å². The van der Waals surface area contributed by atoms with Gasteiger partial charge in [-0.25, -0.2) is 4.79 Å². The van der Waals surface area contributed by atoms with Gasteiger partial charge in [-0.1, -0.05) is 30.3 Å². The lowest BCUT2D eigenvalue weighted by atomic mass is 9.96. The van der Waals surface area contributed by atoms with Gasteiger partial charge in [0.25, 0.3) is 0 Å². The van der Waals surface area contributed by atoms with Crippen molar-refractivity contribution in [2.45, 2.75) is 12.1 Å². The van der Waals surface area contributed by atoms with Crippen molar-refractivity contribution in [1.82, 2.24) is 15.1 Å². The molecule has 1 aromatic rings. The summed E-state index contributed by atoms with van der Waals surface area (Å²) in [5.74, 6) is -7.07. The van der Waals surface area contributed by atoms with Crippen LogP contribution in [0.4, 0.5) is 0 Å². The Morgan fingerprint density at radius 1 is 0.844 bits per heavy atom. The maximum absolute atomic E-state index is 12.4. The minimum absolute atomic E-state index is 0.299. The van der Waals surface area contributed by atoms with Crippen molar-refractivity contribution >= 4 is 41.4 Å². The van der Waals surface area contributed by atoms with Gasteiger partial charge in [-0.3, -0.25) is 29.0 Å². The van der Waals surface area contributed by atoms with E-state index >= 15 is 0 Å². The van der Waals surface area contributed by atoms with E-state index in [0.29, 0.717) is 5.56 Å². The first-order valence-corrected chi connectivity index (χ1v) is 9.80. The number of aliphatic carboxylic acids is 4. The number of benzene rings is 1. The van der Waals surface area contributed by atoms with Crippen molar-refractivity contribution in [2.75, 3.05) is 38.6 Å². The second kappa shape index (κ2) is 12.6. The highest BCUT2D eigenvalue weighted by atomic mass is 35.5. The molecule has 5 N–H and O–H groups in total. The van der Waals surface area contributed by atoms with Crippen LogP contribution in [0.2, 0.25) is 0 Å². The second-order valence-corrected chi connectivity index (χ2v) is 7.09. The summed E-state index contributed by atoms with van der Waals surface area (Å²) in [4.78, 5) is 60.0. The Morgan fingerprint density at radius 3 is 1.81 bits per heavy atom. The van der Waals surface area contributed by atoms with Gasteiger partial charge in [-0.15, -0.1) is 11.6 Å². The molecule has 1 amide bonds. The van der Waals surface area contributed by atoms with E-state index in [1.165, 1.54) is 0 Å². The molecule has 0 aliphatic heterocycles. The molecule has 0 saturated heterocycles. The van der Waals surface area contributed by atoms with Gasteiger partial charge >= 0.3 is 23.9 Å². The predicted octanol–water partition coefficient (Wildman–Crippen LogP) is -0.777. The van der Waals surface area contributed by atoms with Crippen LogP contribution < -0.4 is 5.32 Å². The Kier molecular flexibility index (Phi) is 10.5. The summed E-state index contributed by atoms with van der Waals surface area (Å²) in [6.07, 6.45) is -0.336. The third-order valence-electron chi connectivity index (χ3n) is 4.39. The third-order valence-corrected chi connectivity index (χ3v) is 4.64. The van der Waals surface area contributed by atoms with Gasteiger partial charge in [-0.2, -0.15) is 0 Å². The van der Waals surface area contributed by atoms with Crippen LogP contribution in [0.3, 0.4) is 0 Å². The minimum atomic E-state index is -2.25. The number of carbonyl (C=O) groups excluding carboxylic acids is 1. The van der Waals surface area contributed by atoms with Crippen molar-refractivity contribution in [3.05, 3.63) is 35.9 Å². The molecule has 1 unspecified atom stereocenters. The molecule has 1 rings (SSSR count). The van der Waals surface area contributed by atoms with Crippen LogP contribution in [0.5, 0.6) is 0 Å². The number of nitrogens with one attached hydrogen (secondary N) is 1. The molecule has 12 nitrogen and oxygen atoms in total. The molecule has 0 aliphatic carbocycles. The topological polar surface area (TPSA) is 185 Å². The van der Waals surface area contributed by atoms with Crippen molar-refractivity contribution in [2.24, 2.45) is 0 Å². The normalized spacial score (nSPS) is 12.8. The van der Waals surface area contributed by atoms with Gasteiger partial charge in [0.05, 0.1) is 19.6 Å². The van der Waals surface area contributed by atoms with Gasteiger partial charge in [0.2, 0.25) is 5.91 Å². The largest absolute Gasteiger partial charge is 0.480 e. The average molecular weight is 474 g/mol. The summed E-state index contributed by atoms with van der Waals surface area (Å²) >= 11 is 5.54. The molecule has 1 aromatic carbocycles. The molecule has 176 valence electrons. The standard InChI is InChI=1S/C19H24ClN3O9/c20-9-14(24)21-19(18(31)32,8-13-4-2-1-3-5-13)23(12-17(29)30)7-6-22(10-15(25)26)11-16(27)28/h1-5H,6-12H2,(H,21,24)(H,25,26)(H,27,28)(H,29,30)(H,31,32). The second-order valence-electron chi connectivity index (χ2n) is 6.82. The highest BCUT2D eigenvalue weighted by Crippen LogP contribution is 2.20. The summed E-state index contributed by atoms with van der Waals surface area (Å²) in [5.41, 5.74) is -1.78. The zero-order valence-corrected chi connectivity index (χ0v) is 17.7. The number of halogens is 1. The number of hydrogen-bond donors (Lipinski definition) is 5. The van der Waals surface area contributed by atoms with E-state index in [9.17, 15) is 34.2 Å². The van der Waals surface area contributed by atoms with Crippen LogP contribution in [0.1, 0.15) is 5.56 Å². The Balaban J connectivity index is 3.37. The first-order chi connectivity index (χ1) is 15.0. The molecule has 0 saturated carbocycles. The van der Waals surface area contributed by atoms with Crippen LogP contribution in [-0.4, -0.2) is 104 Å². The molecule has 0 heterocycles. The zero-order chi connectivity index (χ0) is 24.3. The Bertz CT molecular complexity index is 821. The fraction of sp³-hybridized carbons (Fsp3) is 0.421. The number of carboxylic acid groups (broad SMARTS) is 4. The van der Waals surface area contributed by atoms with E-state index in [1.807, 2.05) is 0 Å².